The van der Waals surface area contributed by atoms with Crippen molar-refractivity contribution < 1.29 is 9.53 Å². The summed E-state index contributed by atoms with van der Waals surface area (Å²) >= 11 is 0. The molecule has 1 saturated heterocycles. The summed E-state index contributed by atoms with van der Waals surface area (Å²) in [6, 6.07) is 3.75. The van der Waals surface area contributed by atoms with Gasteiger partial charge in [-0.25, -0.2) is 4.68 Å². The van der Waals surface area contributed by atoms with Gasteiger partial charge >= 0.3 is 0 Å². The van der Waals surface area contributed by atoms with Crippen molar-refractivity contribution in [2.75, 3.05) is 26.7 Å². The Morgan fingerprint density at radius 2 is 2.12 bits per heavy atom. The Kier molecular flexibility index (Phi) is 6.08. The molecule has 142 valence electrons. The SMILES string of the molecule is CCN1CCCCCCC(NC(=O)c2cc3nnn(C)c3cc2OC)C1. The second-order valence-electron chi connectivity index (χ2n) is 7.02. The van der Waals surface area contributed by atoms with E-state index in [4.69, 9.17) is 4.74 Å². The average molecular weight is 359 g/mol. The van der Waals surface area contributed by atoms with Gasteiger partial charge in [0, 0.05) is 25.7 Å². The molecule has 1 fully saturated rings. The molecule has 0 saturated carbocycles. The number of hydrogen-bond acceptors (Lipinski definition) is 5. The highest BCUT2D eigenvalue weighted by atomic mass is 16.5. The van der Waals surface area contributed by atoms with Crippen molar-refractivity contribution in [2.24, 2.45) is 7.05 Å². The molecule has 7 nitrogen and oxygen atoms in total. The van der Waals surface area contributed by atoms with Crippen molar-refractivity contribution in [1.29, 1.82) is 0 Å². The summed E-state index contributed by atoms with van der Waals surface area (Å²) in [4.78, 5) is 15.4. The second kappa shape index (κ2) is 8.49. The molecule has 0 radical (unpaired) electrons. The van der Waals surface area contributed by atoms with Crippen LogP contribution < -0.4 is 10.1 Å². The molecule has 1 amide bonds. The van der Waals surface area contributed by atoms with E-state index in [0.29, 0.717) is 16.8 Å². The Morgan fingerprint density at radius 3 is 2.88 bits per heavy atom. The molecule has 0 bridgehead atoms. The van der Waals surface area contributed by atoms with Crippen LogP contribution in [0, 0.1) is 0 Å². The van der Waals surface area contributed by atoms with Crippen LogP contribution in [0.25, 0.3) is 11.0 Å². The highest BCUT2D eigenvalue weighted by molar-refractivity contribution is 6.00. The molecule has 1 aromatic heterocycles. The molecule has 26 heavy (non-hydrogen) atoms. The summed E-state index contributed by atoms with van der Waals surface area (Å²) in [7, 11) is 3.41. The van der Waals surface area contributed by atoms with E-state index in [9.17, 15) is 4.79 Å². The highest BCUT2D eigenvalue weighted by Gasteiger charge is 2.21. The summed E-state index contributed by atoms with van der Waals surface area (Å²) < 4.78 is 7.13. The van der Waals surface area contributed by atoms with Gasteiger partial charge in [0.05, 0.1) is 18.2 Å². The Hall–Kier alpha value is -2.15. The third-order valence-corrected chi connectivity index (χ3v) is 5.21. The topological polar surface area (TPSA) is 72.3 Å². The van der Waals surface area contributed by atoms with Crippen LogP contribution >= 0.6 is 0 Å². The first-order chi connectivity index (χ1) is 12.6. The quantitative estimate of drug-likeness (QED) is 0.907. The summed E-state index contributed by atoms with van der Waals surface area (Å²) in [5.74, 6) is 0.450. The number of nitrogens with zero attached hydrogens (tertiary/aromatic N) is 4. The fourth-order valence-electron chi connectivity index (χ4n) is 3.65. The third kappa shape index (κ3) is 4.15. The molecule has 1 aliphatic heterocycles. The molecule has 1 aromatic carbocycles. The van der Waals surface area contributed by atoms with E-state index in [1.165, 1.54) is 19.3 Å². The van der Waals surface area contributed by atoms with E-state index in [1.807, 2.05) is 13.1 Å². The number of carbonyl (C=O) groups is 1. The molecule has 0 spiro atoms. The zero-order valence-electron chi connectivity index (χ0n) is 16.0. The third-order valence-electron chi connectivity index (χ3n) is 5.21. The average Bonchev–Trinajstić information content (AvgIpc) is 3.06. The van der Waals surface area contributed by atoms with E-state index >= 15 is 0 Å². The number of aromatic nitrogens is 3. The van der Waals surface area contributed by atoms with E-state index < -0.39 is 0 Å². The lowest BCUT2D eigenvalue weighted by molar-refractivity contribution is 0.0920. The van der Waals surface area contributed by atoms with Gasteiger partial charge < -0.3 is 15.0 Å². The molecule has 1 unspecified atom stereocenters. The van der Waals surface area contributed by atoms with Crippen molar-refractivity contribution in [3.05, 3.63) is 17.7 Å². The van der Waals surface area contributed by atoms with Crippen molar-refractivity contribution in [3.8, 4) is 5.75 Å². The summed E-state index contributed by atoms with van der Waals surface area (Å²) in [6.07, 6.45) is 5.92. The van der Waals surface area contributed by atoms with Gasteiger partial charge in [-0.1, -0.05) is 31.4 Å². The van der Waals surface area contributed by atoms with Crippen LogP contribution in [-0.4, -0.2) is 58.6 Å². The van der Waals surface area contributed by atoms with Crippen molar-refractivity contribution in [1.82, 2.24) is 25.2 Å². The maximum atomic E-state index is 13.0. The fraction of sp³-hybridized carbons (Fsp3) is 0.632. The Morgan fingerprint density at radius 1 is 1.31 bits per heavy atom. The van der Waals surface area contributed by atoms with Crippen molar-refractivity contribution >= 4 is 16.9 Å². The molecule has 2 heterocycles. The smallest absolute Gasteiger partial charge is 0.255 e. The lowest BCUT2D eigenvalue weighted by atomic mass is 10.1. The van der Waals surface area contributed by atoms with Gasteiger partial charge in [0.25, 0.3) is 5.91 Å². The number of carbonyl (C=O) groups excluding carboxylic acids is 1. The first-order valence-electron chi connectivity index (χ1n) is 9.53. The van der Waals surface area contributed by atoms with E-state index in [1.54, 1.807) is 17.9 Å². The number of methoxy groups -OCH3 is 1. The monoisotopic (exact) mass is 359 g/mol. The van der Waals surface area contributed by atoms with E-state index in [-0.39, 0.29) is 11.9 Å². The van der Waals surface area contributed by atoms with Gasteiger partial charge in [-0.3, -0.25) is 4.79 Å². The number of nitrogens with one attached hydrogen (secondary N) is 1. The van der Waals surface area contributed by atoms with Gasteiger partial charge in [0.15, 0.2) is 0 Å². The fourth-order valence-corrected chi connectivity index (χ4v) is 3.65. The normalized spacial score (nSPS) is 19.6. The Balaban J connectivity index is 1.80. The van der Waals surface area contributed by atoms with E-state index in [0.717, 1.165) is 38.0 Å². The van der Waals surface area contributed by atoms with Crippen LogP contribution in [0.15, 0.2) is 12.1 Å². The first kappa shape index (κ1) is 18.6. The number of hydrogen-bond donors (Lipinski definition) is 1. The Bertz CT molecular complexity index is 758. The van der Waals surface area contributed by atoms with Gasteiger partial charge in [-0.15, -0.1) is 5.10 Å². The molecular formula is C19H29N5O2. The summed E-state index contributed by atoms with van der Waals surface area (Å²) in [5.41, 5.74) is 2.06. The molecule has 1 aliphatic rings. The van der Waals surface area contributed by atoms with Gasteiger partial charge in [-0.05, 0) is 32.0 Å². The maximum absolute atomic E-state index is 13.0. The summed E-state index contributed by atoms with van der Waals surface area (Å²) in [6.45, 7) is 5.21. The highest BCUT2D eigenvalue weighted by Crippen LogP contribution is 2.25. The van der Waals surface area contributed by atoms with Crippen LogP contribution in [-0.2, 0) is 7.05 Å². The number of fused-ring (bicyclic) bond motifs is 1. The Labute approximate surface area is 154 Å². The van der Waals surface area contributed by atoms with Gasteiger partial charge in [-0.2, -0.15) is 0 Å². The molecule has 1 atom stereocenters. The van der Waals surface area contributed by atoms with Gasteiger partial charge in [0.2, 0.25) is 0 Å². The molecule has 3 rings (SSSR count). The van der Waals surface area contributed by atoms with Crippen LogP contribution in [0.3, 0.4) is 0 Å². The van der Waals surface area contributed by atoms with Crippen molar-refractivity contribution in [2.45, 2.75) is 45.1 Å². The van der Waals surface area contributed by atoms with Crippen LogP contribution in [0.5, 0.6) is 5.75 Å². The number of aryl methyl sites for hydroxylation is 1. The lowest BCUT2D eigenvalue weighted by Gasteiger charge is -2.26. The zero-order valence-corrected chi connectivity index (χ0v) is 16.0. The van der Waals surface area contributed by atoms with Gasteiger partial charge in [0.1, 0.15) is 11.3 Å². The zero-order chi connectivity index (χ0) is 18.5. The number of likely N-dealkylation sites (N-methyl/N-ethyl adjacent to an activating group) is 1. The van der Waals surface area contributed by atoms with Crippen molar-refractivity contribution in [3.63, 3.8) is 0 Å². The van der Waals surface area contributed by atoms with E-state index in [2.05, 4.69) is 27.5 Å². The molecule has 0 aliphatic carbocycles. The predicted molar refractivity (Wildman–Crippen MR) is 102 cm³/mol. The summed E-state index contributed by atoms with van der Waals surface area (Å²) in [5, 5.41) is 11.4. The molecular weight excluding hydrogens is 330 g/mol. The number of amides is 1. The van der Waals surface area contributed by atoms with Crippen LogP contribution in [0.4, 0.5) is 0 Å². The van der Waals surface area contributed by atoms with Crippen LogP contribution in [0.1, 0.15) is 49.4 Å². The number of rotatable bonds is 4. The molecule has 1 N–H and O–H groups in total. The predicted octanol–water partition coefficient (Wildman–Crippen LogP) is 2.36. The standard InChI is InChI=1S/C19H29N5O2/c1-4-24-10-8-6-5-7-9-14(13-24)20-19(25)15-11-16-17(12-18(15)26-3)23(2)22-21-16/h11-12,14H,4-10,13H2,1-3H3,(H,20,25). The largest absolute Gasteiger partial charge is 0.496 e. The minimum Gasteiger partial charge on any atom is -0.496 e. The minimum absolute atomic E-state index is 0.102. The van der Waals surface area contributed by atoms with Crippen LogP contribution in [0.2, 0.25) is 0 Å². The molecule has 2 aromatic rings. The minimum atomic E-state index is -0.102. The first-order valence-corrected chi connectivity index (χ1v) is 9.53. The number of benzene rings is 1. The number of ether oxygens (including phenoxy) is 1. The lowest BCUT2D eigenvalue weighted by Crippen LogP contribution is -2.43. The second-order valence-corrected chi connectivity index (χ2v) is 7.02. The maximum Gasteiger partial charge on any atom is 0.255 e. The molecule has 7 heteroatoms.